The number of hydrogen-bond donors (Lipinski definition) is 0. The number of carbonyl (C=O) groups excluding carboxylic acids is 5. The molecule has 3 rings (SSSR count). The van der Waals surface area contributed by atoms with E-state index in [-0.39, 0.29) is 24.0 Å². The summed E-state index contributed by atoms with van der Waals surface area (Å²) in [6.07, 6.45) is 0.0286. The second kappa shape index (κ2) is 6.70. The summed E-state index contributed by atoms with van der Waals surface area (Å²) < 4.78 is 4.97. The molecule has 4 amide bonds. The van der Waals surface area contributed by atoms with E-state index in [1.54, 1.807) is 26.0 Å². The monoisotopic (exact) mass is 358 g/mol. The fourth-order valence-electron chi connectivity index (χ4n) is 2.98. The van der Waals surface area contributed by atoms with Crippen LogP contribution in [0.4, 0.5) is 0 Å². The van der Waals surface area contributed by atoms with Crippen LogP contribution < -0.4 is 0 Å². The summed E-state index contributed by atoms with van der Waals surface area (Å²) >= 11 is 0. The second-order valence-electron chi connectivity index (χ2n) is 6.49. The highest BCUT2D eigenvalue weighted by molar-refractivity contribution is 6.23. The van der Waals surface area contributed by atoms with E-state index in [2.05, 4.69) is 0 Å². The Balaban J connectivity index is 1.80. The Morgan fingerprint density at radius 2 is 1.69 bits per heavy atom. The van der Waals surface area contributed by atoms with Crippen LogP contribution in [0.25, 0.3) is 0 Å². The molecule has 1 aromatic rings. The van der Waals surface area contributed by atoms with E-state index in [4.69, 9.17) is 4.74 Å². The molecule has 1 unspecified atom stereocenters. The Bertz CT molecular complexity index is 781. The third-order valence-electron chi connectivity index (χ3n) is 4.43. The van der Waals surface area contributed by atoms with Crippen LogP contribution in [0.5, 0.6) is 0 Å². The summed E-state index contributed by atoms with van der Waals surface area (Å²) in [4.78, 5) is 63.2. The zero-order valence-electron chi connectivity index (χ0n) is 14.4. The van der Waals surface area contributed by atoms with Crippen molar-refractivity contribution in [1.29, 1.82) is 0 Å². The Hall–Kier alpha value is -3.03. The van der Waals surface area contributed by atoms with Crippen molar-refractivity contribution in [3.8, 4) is 0 Å². The van der Waals surface area contributed by atoms with Gasteiger partial charge < -0.3 is 4.74 Å². The van der Waals surface area contributed by atoms with Crippen LogP contribution in [-0.2, 0) is 19.1 Å². The van der Waals surface area contributed by atoms with Gasteiger partial charge in [-0.05, 0) is 18.6 Å². The first kappa shape index (κ1) is 17.8. The van der Waals surface area contributed by atoms with Crippen LogP contribution in [0.3, 0.4) is 0 Å². The molecule has 0 bridgehead atoms. The molecule has 1 saturated heterocycles. The van der Waals surface area contributed by atoms with E-state index in [0.717, 1.165) is 9.80 Å². The van der Waals surface area contributed by atoms with Crippen molar-refractivity contribution < 1.29 is 28.7 Å². The van der Waals surface area contributed by atoms with Gasteiger partial charge in [-0.15, -0.1) is 0 Å². The number of benzene rings is 1. The number of hydrogen-bond acceptors (Lipinski definition) is 6. The molecule has 2 heterocycles. The molecule has 0 N–H and O–H groups in total. The van der Waals surface area contributed by atoms with Gasteiger partial charge in [-0.3, -0.25) is 28.9 Å². The van der Waals surface area contributed by atoms with Gasteiger partial charge in [0.05, 0.1) is 17.0 Å². The molecule has 0 aliphatic carbocycles. The van der Waals surface area contributed by atoms with Crippen LogP contribution in [0.1, 0.15) is 47.4 Å². The number of likely N-dealkylation sites (tertiary alicyclic amines) is 1. The maximum absolute atomic E-state index is 12.7. The quantitative estimate of drug-likeness (QED) is 0.587. The maximum Gasteiger partial charge on any atom is 0.310 e. The van der Waals surface area contributed by atoms with Gasteiger partial charge in [0.25, 0.3) is 17.7 Å². The first-order chi connectivity index (χ1) is 12.3. The number of fused-ring (bicyclic) bond motifs is 1. The van der Waals surface area contributed by atoms with E-state index in [9.17, 15) is 24.0 Å². The number of rotatable bonds is 4. The lowest BCUT2D eigenvalue weighted by Crippen LogP contribution is -2.56. The highest BCUT2D eigenvalue weighted by Crippen LogP contribution is 2.28. The summed E-state index contributed by atoms with van der Waals surface area (Å²) in [5, 5.41) is 0. The van der Waals surface area contributed by atoms with Crippen LogP contribution in [-0.4, -0.2) is 52.2 Å². The van der Waals surface area contributed by atoms with Gasteiger partial charge in [-0.1, -0.05) is 26.0 Å². The highest BCUT2D eigenvalue weighted by Gasteiger charge is 2.47. The lowest BCUT2D eigenvalue weighted by Gasteiger charge is -2.34. The second-order valence-corrected chi connectivity index (χ2v) is 6.49. The molecule has 0 saturated carbocycles. The third-order valence-corrected chi connectivity index (χ3v) is 4.43. The molecule has 8 heteroatoms. The number of esters is 1. The Morgan fingerprint density at radius 1 is 1.12 bits per heavy atom. The van der Waals surface area contributed by atoms with Crippen molar-refractivity contribution in [3.63, 3.8) is 0 Å². The minimum absolute atomic E-state index is 0.0248. The van der Waals surface area contributed by atoms with Gasteiger partial charge in [-0.25, -0.2) is 4.90 Å². The van der Waals surface area contributed by atoms with Crippen LogP contribution in [0.2, 0.25) is 0 Å². The summed E-state index contributed by atoms with van der Waals surface area (Å²) in [6.45, 7) is 2.74. The maximum atomic E-state index is 12.7. The zero-order valence-corrected chi connectivity index (χ0v) is 14.4. The summed E-state index contributed by atoms with van der Waals surface area (Å²) in [5.41, 5.74) is 0.472. The van der Waals surface area contributed by atoms with Gasteiger partial charge in [0.2, 0.25) is 5.91 Å². The number of imide groups is 2. The zero-order chi connectivity index (χ0) is 19.0. The molecule has 8 nitrogen and oxygen atoms in total. The van der Waals surface area contributed by atoms with Crippen LogP contribution in [0, 0.1) is 5.92 Å². The van der Waals surface area contributed by atoms with Crippen molar-refractivity contribution in [2.75, 3.05) is 6.73 Å². The summed E-state index contributed by atoms with van der Waals surface area (Å²) in [7, 11) is 0. The Labute approximate surface area is 149 Å². The topological polar surface area (TPSA) is 101 Å². The van der Waals surface area contributed by atoms with Crippen molar-refractivity contribution in [2.24, 2.45) is 5.92 Å². The average Bonchev–Trinajstić information content (AvgIpc) is 2.86. The van der Waals surface area contributed by atoms with E-state index < -0.39 is 48.3 Å². The summed E-state index contributed by atoms with van der Waals surface area (Å²) in [5.74, 6) is -3.29. The van der Waals surface area contributed by atoms with Crippen molar-refractivity contribution in [3.05, 3.63) is 35.4 Å². The lowest BCUT2D eigenvalue weighted by atomic mass is 10.0. The third kappa shape index (κ3) is 2.87. The van der Waals surface area contributed by atoms with Gasteiger partial charge in [-0.2, -0.15) is 0 Å². The van der Waals surface area contributed by atoms with Crippen molar-refractivity contribution >= 4 is 29.6 Å². The van der Waals surface area contributed by atoms with Gasteiger partial charge >= 0.3 is 5.97 Å². The van der Waals surface area contributed by atoms with Gasteiger partial charge in [0, 0.05) is 6.42 Å². The predicted molar refractivity (Wildman–Crippen MR) is 87.6 cm³/mol. The molecule has 26 heavy (non-hydrogen) atoms. The van der Waals surface area contributed by atoms with Crippen molar-refractivity contribution in [2.45, 2.75) is 32.7 Å². The van der Waals surface area contributed by atoms with Gasteiger partial charge in [0.1, 0.15) is 6.04 Å². The van der Waals surface area contributed by atoms with E-state index >= 15 is 0 Å². The SMILES string of the molecule is CC(C)C(=O)OCN1C(=O)CCC(N2C(=O)c3ccccc3C2=O)C1=O. The minimum atomic E-state index is -1.09. The standard InChI is InChI=1S/C18H18N2O6/c1-10(2)18(25)26-9-19-14(21)8-7-13(17(19)24)20-15(22)11-5-3-4-6-12(11)16(20)23/h3-6,10,13H,7-9H2,1-2H3. The molecular weight excluding hydrogens is 340 g/mol. The van der Waals surface area contributed by atoms with Crippen molar-refractivity contribution in [1.82, 2.24) is 9.80 Å². The Kier molecular flexibility index (Phi) is 4.58. The first-order valence-electron chi connectivity index (χ1n) is 8.30. The van der Waals surface area contributed by atoms with E-state index in [1.165, 1.54) is 12.1 Å². The molecule has 0 aromatic heterocycles. The smallest absolute Gasteiger partial charge is 0.310 e. The van der Waals surface area contributed by atoms with E-state index in [1.807, 2.05) is 0 Å². The number of ether oxygens (including phenoxy) is 1. The predicted octanol–water partition coefficient (Wildman–Crippen LogP) is 0.957. The Morgan fingerprint density at radius 3 is 2.23 bits per heavy atom. The molecule has 1 atom stereocenters. The molecular formula is C18H18N2O6. The number of piperidine rings is 1. The number of nitrogens with zero attached hydrogens (tertiary/aromatic N) is 2. The lowest BCUT2D eigenvalue weighted by molar-refractivity contribution is -0.165. The summed E-state index contributed by atoms with van der Waals surface area (Å²) in [6, 6.07) is 5.24. The first-order valence-corrected chi connectivity index (χ1v) is 8.30. The van der Waals surface area contributed by atoms with Gasteiger partial charge in [0.15, 0.2) is 6.73 Å². The minimum Gasteiger partial charge on any atom is -0.443 e. The molecule has 0 spiro atoms. The number of carbonyl (C=O) groups is 5. The highest BCUT2D eigenvalue weighted by atomic mass is 16.5. The fourth-order valence-corrected chi connectivity index (χ4v) is 2.98. The number of amides is 4. The van der Waals surface area contributed by atoms with Crippen LogP contribution >= 0.6 is 0 Å². The van der Waals surface area contributed by atoms with E-state index in [0.29, 0.717) is 0 Å². The molecule has 2 aliphatic rings. The average molecular weight is 358 g/mol. The molecule has 1 fully saturated rings. The fraction of sp³-hybridized carbons (Fsp3) is 0.389. The molecule has 2 aliphatic heterocycles. The van der Waals surface area contributed by atoms with Crippen LogP contribution in [0.15, 0.2) is 24.3 Å². The molecule has 1 aromatic carbocycles. The largest absolute Gasteiger partial charge is 0.443 e. The molecule has 136 valence electrons. The molecule has 0 radical (unpaired) electrons. The normalized spacial score (nSPS) is 20.0.